The van der Waals surface area contributed by atoms with E-state index in [-0.39, 0.29) is 36.6 Å². The van der Waals surface area contributed by atoms with Crippen LogP contribution in [0.5, 0.6) is 0 Å². The Labute approximate surface area is 147 Å². The number of hydrogen-bond acceptors (Lipinski definition) is 3. The molecule has 0 radical (unpaired) electrons. The van der Waals surface area contributed by atoms with E-state index in [1.54, 1.807) is 9.80 Å². The van der Waals surface area contributed by atoms with Gasteiger partial charge < -0.3 is 14.9 Å². The number of rotatable bonds is 5. The van der Waals surface area contributed by atoms with Gasteiger partial charge in [0.15, 0.2) is 0 Å². The first-order chi connectivity index (χ1) is 12.0. The molecular weight excluding hydrogens is 320 g/mol. The molecule has 1 N–H and O–H groups in total. The molecule has 2 amide bonds. The zero-order valence-corrected chi connectivity index (χ0v) is 14.5. The SMILES string of the molecule is CCc1ccc(N2CC(C(=O)N3CCCC3CC(=O)O)CC2=O)cc1. The molecule has 2 heterocycles. The van der Waals surface area contributed by atoms with Crippen molar-refractivity contribution < 1.29 is 19.5 Å². The highest BCUT2D eigenvalue weighted by Gasteiger charge is 2.40. The highest BCUT2D eigenvalue weighted by Crippen LogP contribution is 2.29. The summed E-state index contributed by atoms with van der Waals surface area (Å²) in [7, 11) is 0. The van der Waals surface area contributed by atoms with Gasteiger partial charge in [0, 0.05) is 31.2 Å². The van der Waals surface area contributed by atoms with Crippen LogP contribution >= 0.6 is 0 Å². The zero-order chi connectivity index (χ0) is 18.0. The first-order valence-corrected chi connectivity index (χ1v) is 8.91. The van der Waals surface area contributed by atoms with Gasteiger partial charge in [0.1, 0.15) is 0 Å². The third kappa shape index (κ3) is 3.67. The van der Waals surface area contributed by atoms with Crippen LogP contribution < -0.4 is 4.90 Å². The van der Waals surface area contributed by atoms with Gasteiger partial charge in [-0.3, -0.25) is 14.4 Å². The third-order valence-corrected chi connectivity index (χ3v) is 5.20. The minimum atomic E-state index is -0.884. The zero-order valence-electron chi connectivity index (χ0n) is 14.5. The quantitative estimate of drug-likeness (QED) is 0.887. The number of carboxylic acid groups (broad SMARTS) is 1. The summed E-state index contributed by atoms with van der Waals surface area (Å²) >= 11 is 0. The second-order valence-electron chi connectivity index (χ2n) is 6.85. The Balaban J connectivity index is 1.68. The summed E-state index contributed by atoms with van der Waals surface area (Å²) in [6, 6.07) is 7.61. The normalized spacial score (nSPS) is 23.3. The van der Waals surface area contributed by atoms with E-state index in [2.05, 4.69) is 6.92 Å². The lowest BCUT2D eigenvalue weighted by Gasteiger charge is -2.26. The van der Waals surface area contributed by atoms with Crippen molar-refractivity contribution in [3.63, 3.8) is 0 Å². The lowest BCUT2D eigenvalue weighted by atomic mass is 10.1. The molecule has 2 unspecified atom stereocenters. The maximum absolute atomic E-state index is 12.8. The minimum absolute atomic E-state index is 0.0192. The topological polar surface area (TPSA) is 77.9 Å². The summed E-state index contributed by atoms with van der Waals surface area (Å²) in [5, 5.41) is 9.01. The predicted octanol–water partition coefficient (Wildman–Crippen LogP) is 2.07. The summed E-state index contributed by atoms with van der Waals surface area (Å²) < 4.78 is 0. The van der Waals surface area contributed by atoms with Crippen LogP contribution in [0.15, 0.2) is 24.3 Å². The van der Waals surface area contributed by atoms with E-state index >= 15 is 0 Å². The average Bonchev–Trinajstić information content (AvgIpc) is 3.20. The second kappa shape index (κ2) is 7.25. The van der Waals surface area contributed by atoms with Crippen molar-refractivity contribution in [2.45, 2.75) is 45.1 Å². The number of likely N-dealkylation sites (tertiary alicyclic amines) is 1. The molecule has 2 fully saturated rings. The highest BCUT2D eigenvalue weighted by atomic mass is 16.4. The number of carbonyl (C=O) groups is 3. The van der Waals surface area contributed by atoms with Gasteiger partial charge in [-0.2, -0.15) is 0 Å². The molecule has 2 saturated heterocycles. The van der Waals surface area contributed by atoms with Crippen molar-refractivity contribution in [1.82, 2.24) is 4.90 Å². The van der Waals surface area contributed by atoms with Crippen LogP contribution in [0.2, 0.25) is 0 Å². The van der Waals surface area contributed by atoms with Gasteiger partial charge in [-0.15, -0.1) is 0 Å². The monoisotopic (exact) mass is 344 g/mol. The molecule has 6 nitrogen and oxygen atoms in total. The fourth-order valence-electron chi connectivity index (χ4n) is 3.81. The Hall–Kier alpha value is -2.37. The number of nitrogens with zero attached hydrogens (tertiary/aromatic N) is 2. The van der Waals surface area contributed by atoms with Gasteiger partial charge in [-0.1, -0.05) is 19.1 Å². The number of anilines is 1. The molecular formula is C19H24N2O4. The lowest BCUT2D eigenvalue weighted by Crippen LogP contribution is -2.41. The molecule has 0 aromatic heterocycles. The van der Waals surface area contributed by atoms with Gasteiger partial charge in [-0.25, -0.2) is 0 Å². The number of amides is 2. The van der Waals surface area contributed by atoms with Gasteiger partial charge in [0.05, 0.1) is 12.3 Å². The Bertz CT molecular complexity index is 671. The van der Waals surface area contributed by atoms with Crippen molar-refractivity contribution in [2.24, 2.45) is 5.92 Å². The molecule has 0 spiro atoms. The number of benzene rings is 1. The Morgan fingerprint density at radius 1 is 1.24 bits per heavy atom. The number of carboxylic acids is 1. The fraction of sp³-hybridized carbons (Fsp3) is 0.526. The number of aliphatic carboxylic acids is 1. The first-order valence-electron chi connectivity index (χ1n) is 8.91. The molecule has 1 aromatic carbocycles. The van der Waals surface area contributed by atoms with Crippen molar-refractivity contribution in [3.8, 4) is 0 Å². The third-order valence-electron chi connectivity index (χ3n) is 5.20. The van der Waals surface area contributed by atoms with Crippen LogP contribution in [0, 0.1) is 5.92 Å². The predicted molar refractivity (Wildman–Crippen MR) is 93.3 cm³/mol. The van der Waals surface area contributed by atoms with E-state index in [0.29, 0.717) is 13.1 Å². The summed E-state index contributed by atoms with van der Waals surface area (Å²) in [6.07, 6.45) is 2.67. The molecule has 0 saturated carbocycles. The van der Waals surface area contributed by atoms with Crippen LogP contribution in [0.3, 0.4) is 0 Å². The van der Waals surface area contributed by atoms with Gasteiger partial charge in [-0.05, 0) is 37.0 Å². The summed E-state index contributed by atoms with van der Waals surface area (Å²) in [5.41, 5.74) is 2.03. The maximum atomic E-state index is 12.8. The van der Waals surface area contributed by atoms with Crippen LogP contribution in [0.1, 0.15) is 38.2 Å². The number of carbonyl (C=O) groups excluding carboxylic acids is 2. The largest absolute Gasteiger partial charge is 0.481 e. The van der Waals surface area contributed by atoms with Crippen LogP contribution in [0.25, 0.3) is 0 Å². The van der Waals surface area contributed by atoms with Crippen molar-refractivity contribution in [1.29, 1.82) is 0 Å². The molecule has 6 heteroatoms. The van der Waals surface area contributed by atoms with E-state index in [4.69, 9.17) is 5.11 Å². The molecule has 0 bridgehead atoms. The van der Waals surface area contributed by atoms with E-state index in [0.717, 1.165) is 24.9 Å². The molecule has 0 aliphatic carbocycles. The summed E-state index contributed by atoms with van der Waals surface area (Å²) in [5.74, 6) is -1.39. The Morgan fingerprint density at radius 2 is 1.96 bits per heavy atom. The molecule has 2 aliphatic rings. The smallest absolute Gasteiger partial charge is 0.305 e. The van der Waals surface area contributed by atoms with E-state index in [1.807, 2.05) is 24.3 Å². The molecule has 3 rings (SSSR count). The van der Waals surface area contributed by atoms with E-state index in [9.17, 15) is 14.4 Å². The molecule has 25 heavy (non-hydrogen) atoms. The summed E-state index contributed by atoms with van der Waals surface area (Å²) in [6.45, 7) is 3.04. The minimum Gasteiger partial charge on any atom is -0.481 e. The van der Waals surface area contributed by atoms with Crippen molar-refractivity contribution >= 4 is 23.5 Å². The van der Waals surface area contributed by atoms with Gasteiger partial charge >= 0.3 is 5.97 Å². The number of aryl methyl sites for hydroxylation is 1. The summed E-state index contributed by atoms with van der Waals surface area (Å²) in [4.78, 5) is 39.5. The Morgan fingerprint density at radius 3 is 2.60 bits per heavy atom. The molecule has 134 valence electrons. The van der Waals surface area contributed by atoms with Gasteiger partial charge in [0.25, 0.3) is 0 Å². The van der Waals surface area contributed by atoms with Crippen LogP contribution in [-0.2, 0) is 20.8 Å². The number of hydrogen-bond donors (Lipinski definition) is 1. The van der Waals surface area contributed by atoms with Crippen molar-refractivity contribution in [3.05, 3.63) is 29.8 Å². The van der Waals surface area contributed by atoms with Gasteiger partial charge in [0.2, 0.25) is 11.8 Å². The molecule has 1 aromatic rings. The Kier molecular flexibility index (Phi) is 5.06. The fourth-order valence-corrected chi connectivity index (χ4v) is 3.81. The maximum Gasteiger partial charge on any atom is 0.305 e. The second-order valence-corrected chi connectivity index (χ2v) is 6.85. The van der Waals surface area contributed by atoms with E-state index < -0.39 is 5.97 Å². The lowest BCUT2D eigenvalue weighted by molar-refractivity contribution is -0.141. The van der Waals surface area contributed by atoms with E-state index in [1.165, 1.54) is 5.56 Å². The molecule has 2 atom stereocenters. The van der Waals surface area contributed by atoms with Crippen LogP contribution in [0.4, 0.5) is 5.69 Å². The molecule has 2 aliphatic heterocycles. The first kappa shape index (κ1) is 17.5. The highest BCUT2D eigenvalue weighted by molar-refractivity contribution is 6.00. The van der Waals surface area contributed by atoms with Crippen molar-refractivity contribution in [2.75, 3.05) is 18.0 Å². The van der Waals surface area contributed by atoms with Crippen LogP contribution in [-0.4, -0.2) is 46.9 Å². The average molecular weight is 344 g/mol. The standard InChI is InChI=1S/C19H24N2O4/c1-2-13-5-7-15(8-6-13)21-12-14(10-17(21)22)19(25)20-9-3-4-16(20)11-18(23)24/h5-8,14,16H,2-4,9-12H2,1H3,(H,23,24).